The van der Waals surface area contributed by atoms with E-state index in [1.165, 1.54) is 23.5 Å². The number of aromatic nitrogens is 2. The van der Waals surface area contributed by atoms with E-state index in [1.54, 1.807) is 0 Å². The zero-order chi connectivity index (χ0) is 17.1. The van der Waals surface area contributed by atoms with E-state index in [9.17, 15) is 8.78 Å². The van der Waals surface area contributed by atoms with Gasteiger partial charge in [-0.2, -0.15) is 0 Å². The molecule has 1 aliphatic heterocycles. The van der Waals surface area contributed by atoms with Crippen molar-refractivity contribution in [2.24, 2.45) is 0 Å². The van der Waals surface area contributed by atoms with Crippen molar-refractivity contribution in [1.82, 2.24) is 9.97 Å². The van der Waals surface area contributed by atoms with Gasteiger partial charge in [0.1, 0.15) is 10.7 Å². The molecule has 124 valence electrons. The minimum Gasteiger partial charge on any atom is -0.395 e. The van der Waals surface area contributed by atoms with Crippen molar-refractivity contribution in [2.45, 2.75) is 26.1 Å². The molecule has 1 aliphatic rings. The topological polar surface area (TPSA) is 44.2 Å². The molecule has 4 nitrogen and oxygen atoms in total. The van der Waals surface area contributed by atoms with Gasteiger partial charge in [0, 0.05) is 20.4 Å². The largest absolute Gasteiger partial charge is 0.586 e. The van der Waals surface area contributed by atoms with Crippen molar-refractivity contribution < 1.29 is 18.3 Å². The maximum atomic E-state index is 13.2. The van der Waals surface area contributed by atoms with Crippen LogP contribution in [0.4, 0.5) is 8.78 Å². The molecule has 0 spiro atoms. The van der Waals surface area contributed by atoms with Gasteiger partial charge in [-0.1, -0.05) is 13.8 Å². The number of hydrogen-bond donors (Lipinski definition) is 0. The highest BCUT2D eigenvalue weighted by Crippen LogP contribution is 2.44. The fourth-order valence-corrected chi connectivity index (χ4v) is 4.08. The van der Waals surface area contributed by atoms with Crippen molar-refractivity contribution >= 4 is 44.8 Å². The molecule has 0 unspecified atom stereocenters. The van der Waals surface area contributed by atoms with Crippen LogP contribution in [-0.2, 0) is 0 Å². The van der Waals surface area contributed by atoms with Crippen LogP contribution in [0.2, 0.25) is 0 Å². The fraction of sp³-hybridized carbons (Fsp3) is 0.250. The van der Waals surface area contributed by atoms with Crippen LogP contribution in [0.1, 0.15) is 25.5 Å². The Balaban J connectivity index is 1.84. The molecule has 0 amide bonds. The average Bonchev–Trinajstić information content (AvgIpc) is 3.07. The van der Waals surface area contributed by atoms with Crippen molar-refractivity contribution in [1.29, 1.82) is 0 Å². The van der Waals surface area contributed by atoms with Gasteiger partial charge in [-0.15, -0.1) is 20.1 Å². The van der Waals surface area contributed by atoms with Crippen LogP contribution in [0.15, 0.2) is 23.6 Å². The first kappa shape index (κ1) is 15.9. The molecule has 3 aromatic rings. The third kappa shape index (κ3) is 2.71. The summed E-state index contributed by atoms with van der Waals surface area (Å²) in [4.78, 5) is 9.17. The van der Waals surface area contributed by atoms with E-state index in [-0.39, 0.29) is 11.5 Å². The lowest BCUT2D eigenvalue weighted by Gasteiger charge is -2.05. The monoisotopic (exact) mass is 460 g/mol. The van der Waals surface area contributed by atoms with E-state index in [1.807, 2.05) is 11.4 Å². The predicted octanol–water partition coefficient (Wildman–Crippen LogP) is 5.41. The molecule has 1 aromatic carbocycles. The zero-order valence-corrected chi connectivity index (χ0v) is 15.6. The van der Waals surface area contributed by atoms with Crippen molar-refractivity contribution in [3.63, 3.8) is 0 Å². The highest BCUT2D eigenvalue weighted by Gasteiger charge is 2.43. The first-order valence-corrected chi connectivity index (χ1v) is 9.14. The third-order valence-corrected chi connectivity index (χ3v) is 5.39. The van der Waals surface area contributed by atoms with Crippen molar-refractivity contribution in [3.8, 4) is 22.2 Å². The summed E-state index contributed by atoms with van der Waals surface area (Å²) in [5.74, 6) is 0.358. The Kier molecular flexibility index (Phi) is 3.64. The number of halogens is 3. The van der Waals surface area contributed by atoms with Gasteiger partial charge in [0.15, 0.2) is 11.5 Å². The molecule has 0 aliphatic carbocycles. The Morgan fingerprint density at radius 3 is 2.50 bits per heavy atom. The van der Waals surface area contributed by atoms with E-state index in [4.69, 9.17) is 0 Å². The Morgan fingerprint density at radius 1 is 1.12 bits per heavy atom. The van der Waals surface area contributed by atoms with Gasteiger partial charge in [-0.3, -0.25) is 0 Å². The van der Waals surface area contributed by atoms with Crippen LogP contribution in [0.5, 0.6) is 11.5 Å². The second-order valence-corrected chi connectivity index (χ2v) is 7.73. The third-order valence-electron chi connectivity index (χ3n) is 3.61. The second-order valence-electron chi connectivity index (χ2n) is 5.71. The standard InChI is InChI=1S/C16H11F2IN2O2S/c1-7(2)12-6-24-15(21-12)11-4-9(19)8-3-13-14(5-10(8)20-11)23-16(17,18)22-13/h3-7H,1-2H3. The summed E-state index contributed by atoms with van der Waals surface area (Å²) >= 11 is 3.68. The quantitative estimate of drug-likeness (QED) is 0.480. The van der Waals surface area contributed by atoms with Crippen molar-refractivity contribution in [2.75, 3.05) is 0 Å². The molecular weight excluding hydrogens is 449 g/mol. The van der Waals surface area contributed by atoms with E-state index in [2.05, 4.69) is 55.9 Å². The molecule has 0 fully saturated rings. The summed E-state index contributed by atoms with van der Waals surface area (Å²) in [6.07, 6.45) is -3.63. The van der Waals surface area contributed by atoms with Gasteiger partial charge in [0.05, 0.1) is 11.2 Å². The number of alkyl halides is 2. The van der Waals surface area contributed by atoms with Crippen LogP contribution in [-0.4, -0.2) is 16.3 Å². The van der Waals surface area contributed by atoms with Gasteiger partial charge in [0.25, 0.3) is 0 Å². The number of benzene rings is 1. The van der Waals surface area contributed by atoms with Gasteiger partial charge in [0.2, 0.25) is 0 Å². The molecule has 3 heterocycles. The lowest BCUT2D eigenvalue weighted by Crippen LogP contribution is -2.25. The van der Waals surface area contributed by atoms with Gasteiger partial charge in [-0.05, 0) is 40.6 Å². The zero-order valence-electron chi connectivity index (χ0n) is 12.6. The van der Waals surface area contributed by atoms with Gasteiger partial charge >= 0.3 is 6.29 Å². The van der Waals surface area contributed by atoms with Crippen LogP contribution < -0.4 is 9.47 Å². The summed E-state index contributed by atoms with van der Waals surface area (Å²) < 4.78 is 36.4. The Labute approximate surface area is 154 Å². The molecule has 0 saturated heterocycles. The molecule has 24 heavy (non-hydrogen) atoms. The van der Waals surface area contributed by atoms with Crippen LogP contribution in [0, 0.1) is 3.57 Å². The minimum atomic E-state index is -3.63. The molecule has 8 heteroatoms. The summed E-state index contributed by atoms with van der Waals surface area (Å²) in [5.41, 5.74) is 2.30. The summed E-state index contributed by atoms with van der Waals surface area (Å²) in [6.45, 7) is 4.16. The number of ether oxygens (including phenoxy) is 2. The first-order valence-electron chi connectivity index (χ1n) is 7.18. The van der Waals surface area contributed by atoms with Crippen LogP contribution in [0.25, 0.3) is 21.6 Å². The molecule has 0 N–H and O–H groups in total. The van der Waals surface area contributed by atoms with E-state index in [0.717, 1.165) is 25.4 Å². The number of thiazole rings is 1. The Hall–Kier alpha value is -1.55. The van der Waals surface area contributed by atoms with Crippen LogP contribution >= 0.6 is 33.9 Å². The van der Waals surface area contributed by atoms with Gasteiger partial charge in [-0.25, -0.2) is 9.97 Å². The molecule has 2 aromatic heterocycles. The molecule has 0 saturated carbocycles. The Morgan fingerprint density at radius 2 is 1.83 bits per heavy atom. The minimum absolute atomic E-state index is 0.00467. The fourth-order valence-electron chi connectivity index (χ4n) is 2.41. The van der Waals surface area contributed by atoms with Crippen LogP contribution in [0.3, 0.4) is 0 Å². The summed E-state index contributed by atoms with van der Waals surface area (Å²) in [7, 11) is 0. The first-order chi connectivity index (χ1) is 11.3. The number of nitrogens with zero attached hydrogens (tertiary/aromatic N) is 2. The van der Waals surface area contributed by atoms with E-state index >= 15 is 0 Å². The highest BCUT2D eigenvalue weighted by molar-refractivity contribution is 14.1. The van der Waals surface area contributed by atoms with E-state index < -0.39 is 6.29 Å². The molecular formula is C16H11F2IN2O2S. The smallest absolute Gasteiger partial charge is 0.395 e. The Bertz CT molecular complexity index is 959. The predicted molar refractivity (Wildman–Crippen MR) is 95.9 cm³/mol. The highest BCUT2D eigenvalue weighted by atomic mass is 127. The number of pyridine rings is 1. The molecule has 0 bridgehead atoms. The van der Waals surface area contributed by atoms with Gasteiger partial charge < -0.3 is 9.47 Å². The normalized spacial score (nSPS) is 15.4. The maximum Gasteiger partial charge on any atom is 0.586 e. The number of hydrogen-bond acceptors (Lipinski definition) is 5. The average molecular weight is 460 g/mol. The molecule has 0 atom stereocenters. The van der Waals surface area contributed by atoms with E-state index in [0.29, 0.717) is 11.4 Å². The number of fused-ring (bicyclic) bond motifs is 2. The number of rotatable bonds is 2. The maximum absolute atomic E-state index is 13.2. The lowest BCUT2D eigenvalue weighted by atomic mass is 10.1. The second kappa shape index (κ2) is 5.48. The summed E-state index contributed by atoms with van der Waals surface area (Å²) in [6, 6.07) is 4.91. The SMILES string of the molecule is CC(C)c1csc(-c2cc(I)c3cc4c(cc3n2)OC(F)(F)O4)n1. The summed E-state index contributed by atoms with van der Waals surface area (Å²) in [5, 5.41) is 3.56. The van der Waals surface area contributed by atoms with Crippen molar-refractivity contribution in [3.05, 3.63) is 32.8 Å². The molecule has 0 radical (unpaired) electrons. The lowest BCUT2D eigenvalue weighted by molar-refractivity contribution is -0.286. The molecule has 4 rings (SSSR count).